The van der Waals surface area contributed by atoms with Crippen molar-refractivity contribution in [1.82, 2.24) is 5.32 Å². The number of aliphatic carboxylic acids is 1. The van der Waals surface area contributed by atoms with Crippen LogP contribution in [0.1, 0.15) is 33.8 Å². The van der Waals surface area contributed by atoms with Crippen molar-refractivity contribution in [2.75, 3.05) is 18.5 Å². The number of fused-ring (bicyclic) bond motifs is 3. The molecular weight excluding hydrogens is 516 g/mol. The molecule has 0 fully saturated rings. The van der Waals surface area contributed by atoms with Crippen LogP contribution in [0.25, 0.3) is 11.1 Å². The van der Waals surface area contributed by atoms with Crippen molar-refractivity contribution < 1.29 is 29.3 Å². The fourth-order valence-corrected chi connectivity index (χ4v) is 4.48. The number of hydrogen-bond acceptors (Lipinski definition) is 5. The van der Waals surface area contributed by atoms with Crippen molar-refractivity contribution >= 4 is 39.6 Å². The lowest BCUT2D eigenvalue weighted by Gasteiger charge is -2.16. The van der Waals surface area contributed by atoms with Crippen LogP contribution in [-0.4, -0.2) is 47.4 Å². The van der Waals surface area contributed by atoms with Gasteiger partial charge in [0.1, 0.15) is 12.6 Å². The molecule has 3 aromatic rings. The number of amides is 2. The first kappa shape index (κ1) is 24.4. The Balaban J connectivity index is 1.43. The predicted octanol–water partition coefficient (Wildman–Crippen LogP) is 4.38. The van der Waals surface area contributed by atoms with Gasteiger partial charge in [-0.2, -0.15) is 0 Å². The maximum Gasteiger partial charge on any atom is 0.411 e. The van der Waals surface area contributed by atoms with Crippen LogP contribution in [-0.2, 0) is 9.53 Å². The number of anilines is 1. The molecule has 180 valence electrons. The summed E-state index contributed by atoms with van der Waals surface area (Å²) >= 11 is 3.34. The van der Waals surface area contributed by atoms with Gasteiger partial charge in [-0.15, -0.1) is 0 Å². The minimum atomic E-state index is -1.25. The Kier molecular flexibility index (Phi) is 7.48. The molecule has 1 aliphatic rings. The van der Waals surface area contributed by atoms with E-state index >= 15 is 0 Å². The largest absolute Gasteiger partial charge is 0.480 e. The molecule has 0 saturated heterocycles. The number of carbonyl (C=O) groups is 3. The molecule has 0 aromatic heterocycles. The van der Waals surface area contributed by atoms with Crippen LogP contribution >= 0.6 is 15.9 Å². The second-order valence-corrected chi connectivity index (χ2v) is 8.88. The molecule has 1 atom stereocenters. The van der Waals surface area contributed by atoms with Crippen LogP contribution in [0.2, 0.25) is 0 Å². The van der Waals surface area contributed by atoms with Crippen LogP contribution in [0.4, 0.5) is 10.5 Å². The van der Waals surface area contributed by atoms with Gasteiger partial charge in [-0.1, -0.05) is 48.5 Å². The molecule has 2 amide bonds. The molecule has 0 saturated carbocycles. The van der Waals surface area contributed by atoms with Gasteiger partial charge in [-0.05, 0) is 56.4 Å². The van der Waals surface area contributed by atoms with Crippen molar-refractivity contribution in [3.8, 4) is 11.1 Å². The molecule has 0 spiro atoms. The third kappa shape index (κ3) is 5.36. The zero-order valence-corrected chi connectivity index (χ0v) is 20.1. The molecule has 0 heterocycles. The van der Waals surface area contributed by atoms with E-state index in [1.807, 2.05) is 36.4 Å². The van der Waals surface area contributed by atoms with E-state index in [0.29, 0.717) is 10.2 Å². The van der Waals surface area contributed by atoms with Crippen molar-refractivity contribution in [3.63, 3.8) is 0 Å². The zero-order valence-electron chi connectivity index (χ0n) is 18.5. The minimum absolute atomic E-state index is 0.0896. The van der Waals surface area contributed by atoms with Gasteiger partial charge < -0.3 is 20.3 Å². The average molecular weight is 539 g/mol. The molecular formula is C26H23BrN2O6. The van der Waals surface area contributed by atoms with Gasteiger partial charge in [-0.3, -0.25) is 10.1 Å². The third-order valence-electron chi connectivity index (χ3n) is 5.83. The van der Waals surface area contributed by atoms with E-state index < -0.39 is 24.0 Å². The van der Waals surface area contributed by atoms with Gasteiger partial charge in [0.25, 0.3) is 5.91 Å². The van der Waals surface area contributed by atoms with Crippen LogP contribution in [0.5, 0.6) is 0 Å². The number of nitrogens with one attached hydrogen (secondary N) is 2. The number of aliphatic hydroxyl groups excluding tert-OH is 1. The van der Waals surface area contributed by atoms with E-state index in [1.165, 1.54) is 12.1 Å². The Hall–Kier alpha value is -3.69. The topological polar surface area (TPSA) is 125 Å². The van der Waals surface area contributed by atoms with Gasteiger partial charge in [-0.25, -0.2) is 9.59 Å². The lowest BCUT2D eigenvalue weighted by Crippen LogP contribution is -2.41. The summed E-state index contributed by atoms with van der Waals surface area (Å²) in [5.74, 6) is -1.98. The molecule has 35 heavy (non-hydrogen) atoms. The summed E-state index contributed by atoms with van der Waals surface area (Å²) in [6, 6.07) is 19.3. The number of benzene rings is 3. The summed E-state index contributed by atoms with van der Waals surface area (Å²) in [5, 5.41) is 23.2. The third-order valence-corrected chi connectivity index (χ3v) is 6.52. The van der Waals surface area contributed by atoms with E-state index in [1.54, 1.807) is 6.07 Å². The number of halogens is 1. The Morgan fingerprint density at radius 3 is 2.20 bits per heavy atom. The van der Waals surface area contributed by atoms with Gasteiger partial charge in [0.05, 0.1) is 5.69 Å². The van der Waals surface area contributed by atoms with E-state index in [9.17, 15) is 19.5 Å². The van der Waals surface area contributed by atoms with Crippen LogP contribution in [0.15, 0.2) is 71.2 Å². The number of aliphatic hydroxyl groups is 1. The number of rotatable bonds is 8. The Morgan fingerprint density at radius 2 is 1.60 bits per heavy atom. The lowest BCUT2D eigenvalue weighted by molar-refractivity contribution is -0.139. The monoisotopic (exact) mass is 538 g/mol. The van der Waals surface area contributed by atoms with E-state index in [-0.39, 0.29) is 31.1 Å². The van der Waals surface area contributed by atoms with E-state index in [0.717, 1.165) is 22.3 Å². The second-order valence-electron chi connectivity index (χ2n) is 8.02. The zero-order chi connectivity index (χ0) is 24.9. The van der Waals surface area contributed by atoms with Crippen molar-refractivity contribution in [3.05, 3.63) is 87.9 Å². The molecule has 4 N–H and O–H groups in total. The summed E-state index contributed by atoms with van der Waals surface area (Å²) in [5.41, 5.74) is 4.88. The molecule has 0 aliphatic heterocycles. The fraction of sp³-hybridized carbons (Fsp3) is 0.192. The normalized spacial score (nSPS) is 12.9. The van der Waals surface area contributed by atoms with Crippen molar-refractivity contribution in [2.24, 2.45) is 0 Å². The first-order valence-electron chi connectivity index (χ1n) is 10.9. The number of ether oxygens (including phenoxy) is 1. The highest BCUT2D eigenvalue weighted by Crippen LogP contribution is 2.44. The SMILES string of the molecule is O=C(Nc1cc(C(=O)N[C@@H](CCO)C(=O)O)ccc1Br)OCC1c2ccccc2-c2ccccc21. The van der Waals surface area contributed by atoms with Gasteiger partial charge in [0, 0.05) is 29.0 Å². The molecule has 1 aliphatic carbocycles. The quantitative estimate of drug-likeness (QED) is 0.337. The molecule has 0 bridgehead atoms. The first-order valence-corrected chi connectivity index (χ1v) is 11.7. The van der Waals surface area contributed by atoms with E-state index in [4.69, 9.17) is 9.84 Å². The lowest BCUT2D eigenvalue weighted by atomic mass is 9.98. The molecule has 8 nitrogen and oxygen atoms in total. The smallest absolute Gasteiger partial charge is 0.411 e. The number of carboxylic acid groups (broad SMARTS) is 1. The maximum atomic E-state index is 12.6. The molecule has 9 heteroatoms. The van der Waals surface area contributed by atoms with Crippen molar-refractivity contribution in [2.45, 2.75) is 18.4 Å². The Bertz CT molecular complexity index is 1230. The molecule has 0 unspecified atom stereocenters. The van der Waals surface area contributed by atoms with E-state index in [2.05, 4.69) is 38.7 Å². The highest BCUT2D eigenvalue weighted by molar-refractivity contribution is 9.10. The van der Waals surface area contributed by atoms with Crippen molar-refractivity contribution in [1.29, 1.82) is 0 Å². The van der Waals surface area contributed by atoms with Crippen LogP contribution < -0.4 is 10.6 Å². The minimum Gasteiger partial charge on any atom is -0.480 e. The average Bonchev–Trinajstić information content (AvgIpc) is 3.17. The predicted molar refractivity (Wildman–Crippen MR) is 133 cm³/mol. The Labute approximate surface area is 210 Å². The van der Waals surface area contributed by atoms with Crippen LogP contribution in [0.3, 0.4) is 0 Å². The van der Waals surface area contributed by atoms with Gasteiger partial charge in [0.15, 0.2) is 0 Å². The number of carbonyl (C=O) groups excluding carboxylic acids is 2. The molecule has 3 aromatic carbocycles. The summed E-state index contributed by atoms with van der Waals surface area (Å²) in [4.78, 5) is 36.4. The second kappa shape index (κ2) is 10.7. The molecule has 0 radical (unpaired) electrons. The van der Waals surface area contributed by atoms with Crippen LogP contribution in [0, 0.1) is 0 Å². The first-order chi connectivity index (χ1) is 16.9. The highest BCUT2D eigenvalue weighted by Gasteiger charge is 2.29. The molecule has 4 rings (SSSR count). The number of hydrogen-bond donors (Lipinski definition) is 4. The fourth-order valence-electron chi connectivity index (χ4n) is 4.13. The number of carboxylic acids is 1. The standard InChI is InChI=1S/C26H23BrN2O6/c27-21-10-9-15(24(31)28-22(11-12-30)25(32)33)13-23(21)29-26(34)35-14-20-18-7-3-1-5-16(18)17-6-2-4-8-19(17)20/h1-10,13,20,22,30H,11-12,14H2,(H,28,31)(H,29,34)(H,32,33)/t22-/m0/s1. The maximum absolute atomic E-state index is 12.6. The highest BCUT2D eigenvalue weighted by atomic mass is 79.9. The Morgan fingerprint density at radius 1 is 0.971 bits per heavy atom. The van der Waals surface area contributed by atoms with Gasteiger partial charge >= 0.3 is 12.1 Å². The van der Waals surface area contributed by atoms with Gasteiger partial charge in [0.2, 0.25) is 0 Å². The summed E-state index contributed by atoms with van der Waals surface area (Å²) in [6.07, 6.45) is -0.809. The summed E-state index contributed by atoms with van der Waals surface area (Å²) < 4.78 is 6.07. The summed E-state index contributed by atoms with van der Waals surface area (Å²) in [7, 11) is 0. The summed E-state index contributed by atoms with van der Waals surface area (Å²) in [6.45, 7) is -0.245.